The highest BCUT2D eigenvalue weighted by Gasteiger charge is 2.42. The molecular formula is C13H26O. The zero-order valence-electron chi connectivity index (χ0n) is 10.3. The fraction of sp³-hybridized carbons (Fsp3) is 1.00. The summed E-state index contributed by atoms with van der Waals surface area (Å²) in [6.07, 6.45) is 6.71. The van der Waals surface area contributed by atoms with Gasteiger partial charge in [0, 0.05) is 0 Å². The van der Waals surface area contributed by atoms with Gasteiger partial charge >= 0.3 is 0 Å². The summed E-state index contributed by atoms with van der Waals surface area (Å²) in [5.74, 6) is 0.502. The predicted octanol–water partition coefficient (Wildman–Crippen LogP) is 3.75. The van der Waals surface area contributed by atoms with Crippen LogP contribution in [0.2, 0.25) is 0 Å². The van der Waals surface area contributed by atoms with Gasteiger partial charge in [0.1, 0.15) is 0 Å². The highest BCUT2D eigenvalue weighted by Crippen LogP contribution is 2.45. The Hall–Kier alpha value is -0.0400. The molecule has 0 aromatic rings. The first-order chi connectivity index (χ1) is 6.43. The lowest BCUT2D eigenvalue weighted by molar-refractivity contribution is -0.0853. The van der Waals surface area contributed by atoms with E-state index in [0.29, 0.717) is 11.3 Å². The fourth-order valence-corrected chi connectivity index (χ4v) is 3.28. The van der Waals surface area contributed by atoms with E-state index in [4.69, 9.17) is 0 Å². The number of rotatable bonds is 3. The Labute approximate surface area is 88.9 Å². The van der Waals surface area contributed by atoms with Crippen molar-refractivity contribution in [2.24, 2.45) is 11.3 Å². The van der Waals surface area contributed by atoms with Gasteiger partial charge in [-0.2, -0.15) is 0 Å². The molecule has 0 saturated heterocycles. The molecule has 14 heavy (non-hydrogen) atoms. The van der Waals surface area contributed by atoms with E-state index in [1.807, 2.05) is 0 Å². The van der Waals surface area contributed by atoms with Crippen molar-refractivity contribution in [3.8, 4) is 0 Å². The Morgan fingerprint density at radius 3 is 2.14 bits per heavy atom. The van der Waals surface area contributed by atoms with Crippen LogP contribution in [0.4, 0.5) is 0 Å². The second kappa shape index (κ2) is 4.22. The van der Waals surface area contributed by atoms with Crippen LogP contribution in [0.1, 0.15) is 66.2 Å². The van der Waals surface area contributed by atoms with Crippen LogP contribution in [0.15, 0.2) is 0 Å². The third kappa shape index (κ3) is 2.50. The Morgan fingerprint density at radius 2 is 1.71 bits per heavy atom. The average Bonchev–Trinajstić information content (AvgIpc) is 2.03. The first-order valence-electron chi connectivity index (χ1n) is 6.16. The van der Waals surface area contributed by atoms with E-state index < -0.39 is 0 Å². The lowest BCUT2D eigenvalue weighted by atomic mass is 9.64. The third-order valence-electron chi connectivity index (χ3n) is 3.99. The molecule has 1 atom stereocenters. The third-order valence-corrected chi connectivity index (χ3v) is 3.99. The Kier molecular flexibility index (Phi) is 3.63. The summed E-state index contributed by atoms with van der Waals surface area (Å²) in [7, 11) is 0. The van der Waals surface area contributed by atoms with Crippen molar-refractivity contribution in [3.63, 3.8) is 0 Å². The van der Waals surface area contributed by atoms with Crippen LogP contribution in [0, 0.1) is 11.3 Å². The minimum Gasteiger partial charge on any atom is -0.390 e. The summed E-state index contributed by atoms with van der Waals surface area (Å²) in [6.45, 7) is 8.99. The molecular weight excluding hydrogens is 172 g/mol. The van der Waals surface area contributed by atoms with Gasteiger partial charge in [-0.25, -0.2) is 0 Å². The second-order valence-corrected chi connectivity index (χ2v) is 5.81. The molecule has 1 unspecified atom stereocenters. The van der Waals surface area contributed by atoms with Gasteiger partial charge in [0.05, 0.1) is 5.60 Å². The molecule has 0 bridgehead atoms. The Balaban J connectivity index is 2.72. The minimum absolute atomic E-state index is 0.343. The summed E-state index contributed by atoms with van der Waals surface area (Å²) >= 11 is 0. The van der Waals surface area contributed by atoms with Gasteiger partial charge in [-0.15, -0.1) is 0 Å². The second-order valence-electron chi connectivity index (χ2n) is 5.81. The predicted molar refractivity (Wildman–Crippen MR) is 61.3 cm³/mol. The van der Waals surface area contributed by atoms with Crippen LogP contribution in [0.5, 0.6) is 0 Å². The number of hydrogen-bond acceptors (Lipinski definition) is 1. The van der Waals surface area contributed by atoms with Crippen molar-refractivity contribution in [2.75, 3.05) is 0 Å². The van der Waals surface area contributed by atoms with Gasteiger partial charge in [-0.05, 0) is 30.6 Å². The van der Waals surface area contributed by atoms with Crippen molar-refractivity contribution < 1.29 is 5.11 Å². The maximum absolute atomic E-state index is 10.7. The summed E-state index contributed by atoms with van der Waals surface area (Å²) < 4.78 is 0. The quantitative estimate of drug-likeness (QED) is 0.732. The van der Waals surface area contributed by atoms with Crippen LogP contribution in [0.25, 0.3) is 0 Å². The first-order valence-corrected chi connectivity index (χ1v) is 6.16. The summed E-state index contributed by atoms with van der Waals surface area (Å²) in [5.41, 5.74) is -0.0269. The van der Waals surface area contributed by atoms with Crippen LogP contribution in [-0.4, -0.2) is 10.7 Å². The molecule has 0 radical (unpaired) electrons. The van der Waals surface area contributed by atoms with Crippen molar-refractivity contribution in [3.05, 3.63) is 0 Å². The molecule has 0 spiro atoms. The van der Waals surface area contributed by atoms with E-state index in [9.17, 15) is 5.11 Å². The van der Waals surface area contributed by atoms with Gasteiger partial charge in [-0.1, -0.05) is 47.0 Å². The molecule has 1 rings (SSSR count). The van der Waals surface area contributed by atoms with Crippen LogP contribution < -0.4 is 0 Å². The maximum Gasteiger partial charge on any atom is 0.0680 e. The smallest absolute Gasteiger partial charge is 0.0680 e. The molecule has 84 valence electrons. The molecule has 0 aliphatic heterocycles. The average molecular weight is 198 g/mol. The molecule has 1 aliphatic carbocycles. The SMILES string of the molecule is CCC(CC)C1(O)CCCC(C)(C)C1. The highest BCUT2D eigenvalue weighted by atomic mass is 16.3. The van der Waals surface area contributed by atoms with Gasteiger partial charge in [0.2, 0.25) is 0 Å². The van der Waals surface area contributed by atoms with E-state index in [2.05, 4.69) is 27.7 Å². The largest absolute Gasteiger partial charge is 0.390 e. The molecule has 0 aromatic heterocycles. The Morgan fingerprint density at radius 1 is 1.14 bits per heavy atom. The molecule has 1 saturated carbocycles. The first kappa shape index (κ1) is 12.0. The van der Waals surface area contributed by atoms with Gasteiger partial charge < -0.3 is 5.11 Å². The summed E-state index contributed by atoms with van der Waals surface area (Å²) in [6, 6.07) is 0. The van der Waals surface area contributed by atoms with Crippen molar-refractivity contribution in [1.29, 1.82) is 0 Å². The van der Waals surface area contributed by atoms with Gasteiger partial charge in [0.25, 0.3) is 0 Å². The number of aliphatic hydroxyl groups is 1. The zero-order chi connectivity index (χ0) is 10.8. The van der Waals surface area contributed by atoms with E-state index >= 15 is 0 Å². The van der Waals surface area contributed by atoms with E-state index in [1.165, 1.54) is 12.8 Å². The maximum atomic E-state index is 10.7. The molecule has 1 N–H and O–H groups in total. The number of hydrogen-bond donors (Lipinski definition) is 1. The van der Waals surface area contributed by atoms with Crippen molar-refractivity contribution in [2.45, 2.75) is 71.8 Å². The lowest BCUT2D eigenvalue weighted by Crippen LogP contribution is -2.44. The molecule has 0 heterocycles. The monoisotopic (exact) mass is 198 g/mol. The van der Waals surface area contributed by atoms with Crippen LogP contribution >= 0.6 is 0 Å². The van der Waals surface area contributed by atoms with E-state index in [1.54, 1.807) is 0 Å². The summed E-state index contributed by atoms with van der Waals surface area (Å²) in [5, 5.41) is 10.7. The van der Waals surface area contributed by atoms with Gasteiger partial charge in [-0.3, -0.25) is 0 Å². The zero-order valence-corrected chi connectivity index (χ0v) is 10.3. The fourth-order valence-electron chi connectivity index (χ4n) is 3.28. The van der Waals surface area contributed by atoms with Crippen molar-refractivity contribution in [1.82, 2.24) is 0 Å². The van der Waals surface area contributed by atoms with Crippen molar-refractivity contribution >= 4 is 0 Å². The standard InChI is InChI=1S/C13H26O/c1-5-11(6-2)13(14)9-7-8-12(3,4)10-13/h11,14H,5-10H2,1-4H3. The normalized spacial score (nSPS) is 32.1. The molecule has 0 amide bonds. The minimum atomic E-state index is -0.370. The van der Waals surface area contributed by atoms with Crippen LogP contribution in [0.3, 0.4) is 0 Å². The topological polar surface area (TPSA) is 20.2 Å². The summed E-state index contributed by atoms with van der Waals surface area (Å²) in [4.78, 5) is 0. The molecule has 0 aromatic carbocycles. The highest BCUT2D eigenvalue weighted by molar-refractivity contribution is 4.94. The Bertz CT molecular complexity index is 182. The molecule has 1 fully saturated rings. The molecule has 1 aliphatic rings. The van der Waals surface area contributed by atoms with Gasteiger partial charge in [0.15, 0.2) is 0 Å². The van der Waals surface area contributed by atoms with Crippen LogP contribution in [-0.2, 0) is 0 Å². The molecule has 1 heteroatoms. The molecule has 1 nitrogen and oxygen atoms in total. The lowest BCUT2D eigenvalue weighted by Gasteiger charge is -2.45. The van der Waals surface area contributed by atoms with E-state index in [-0.39, 0.29) is 5.60 Å². The van der Waals surface area contributed by atoms with E-state index in [0.717, 1.165) is 25.7 Å².